The van der Waals surface area contributed by atoms with E-state index in [9.17, 15) is 19.8 Å². The molecule has 134 valence electrons. The molecule has 23 heavy (non-hydrogen) atoms. The van der Waals surface area contributed by atoms with Crippen LogP contribution in [0.3, 0.4) is 0 Å². The van der Waals surface area contributed by atoms with Gasteiger partial charge in [0.25, 0.3) is 0 Å². The topological polar surface area (TPSA) is 83.8 Å². The summed E-state index contributed by atoms with van der Waals surface area (Å²) in [5, 5.41) is 18.9. The first-order chi connectivity index (χ1) is 11.0. The van der Waals surface area contributed by atoms with Gasteiger partial charge in [0.15, 0.2) is 5.60 Å². The van der Waals surface area contributed by atoms with E-state index >= 15 is 0 Å². The summed E-state index contributed by atoms with van der Waals surface area (Å²) in [7, 11) is 0. The summed E-state index contributed by atoms with van der Waals surface area (Å²) in [4.78, 5) is 23.1. The van der Waals surface area contributed by atoms with Gasteiger partial charge in [-0.05, 0) is 25.7 Å². The molecule has 5 nitrogen and oxygen atoms in total. The second-order valence-corrected chi connectivity index (χ2v) is 6.65. The molecule has 1 saturated carbocycles. The lowest BCUT2D eigenvalue weighted by atomic mass is 9.75. The zero-order chi connectivity index (χ0) is 17.1. The van der Waals surface area contributed by atoms with Crippen LogP contribution in [0.15, 0.2) is 0 Å². The average molecular weight is 328 g/mol. The van der Waals surface area contributed by atoms with Crippen molar-refractivity contribution < 1.29 is 24.5 Å². The van der Waals surface area contributed by atoms with Gasteiger partial charge in [0.1, 0.15) is 0 Å². The van der Waals surface area contributed by atoms with E-state index in [1.54, 1.807) is 0 Å². The van der Waals surface area contributed by atoms with Crippen LogP contribution in [-0.4, -0.2) is 34.4 Å². The molecule has 2 unspecified atom stereocenters. The molecule has 1 fully saturated rings. The number of hydrogen-bond donors (Lipinski definition) is 2. The summed E-state index contributed by atoms with van der Waals surface area (Å²) in [6.45, 7) is 2.54. The molecular weight excluding hydrogens is 296 g/mol. The Morgan fingerprint density at radius 1 is 1.00 bits per heavy atom. The van der Waals surface area contributed by atoms with Gasteiger partial charge < -0.3 is 14.9 Å². The van der Waals surface area contributed by atoms with Crippen LogP contribution in [0.2, 0.25) is 0 Å². The molecule has 0 spiro atoms. The molecule has 5 heteroatoms. The normalized spacial score (nSPS) is 24.5. The molecule has 0 radical (unpaired) electrons. The highest BCUT2D eigenvalue weighted by Gasteiger charge is 2.52. The fraction of sp³-hybridized carbons (Fsp3) is 0.889. The summed E-state index contributed by atoms with van der Waals surface area (Å²) in [5.41, 5.74) is -1.52. The van der Waals surface area contributed by atoms with Crippen LogP contribution in [0.5, 0.6) is 0 Å². The lowest BCUT2D eigenvalue weighted by Gasteiger charge is -2.38. The van der Waals surface area contributed by atoms with Crippen molar-refractivity contribution in [1.29, 1.82) is 0 Å². The zero-order valence-corrected chi connectivity index (χ0v) is 14.4. The van der Waals surface area contributed by atoms with Crippen LogP contribution in [0, 0.1) is 5.92 Å². The van der Waals surface area contributed by atoms with Gasteiger partial charge in [-0.2, -0.15) is 0 Å². The van der Waals surface area contributed by atoms with Gasteiger partial charge >= 0.3 is 11.9 Å². The van der Waals surface area contributed by atoms with E-state index in [1.165, 1.54) is 32.1 Å². The highest BCUT2D eigenvalue weighted by Crippen LogP contribution is 2.37. The number of hydrogen-bond acceptors (Lipinski definition) is 3. The van der Waals surface area contributed by atoms with Crippen molar-refractivity contribution in [2.45, 2.75) is 89.6 Å². The Morgan fingerprint density at radius 2 is 1.61 bits per heavy atom. The van der Waals surface area contributed by atoms with Crippen molar-refractivity contribution in [3.8, 4) is 0 Å². The standard InChI is InChI=1S/C18H32O5/c1-2-3-4-5-6-7-8-11-14-23-18(17(21)22)13-10-9-12-15(18)16(19)20/h15H,2-14H2,1H3,(H,19,20)(H,21,22). The maximum Gasteiger partial charge on any atom is 0.336 e. The van der Waals surface area contributed by atoms with Gasteiger partial charge in [0.05, 0.1) is 5.92 Å². The Balaban J connectivity index is 2.33. The predicted molar refractivity (Wildman–Crippen MR) is 88.5 cm³/mol. The third-order valence-electron chi connectivity index (χ3n) is 4.87. The van der Waals surface area contributed by atoms with Gasteiger partial charge in [-0.1, -0.05) is 58.3 Å². The molecule has 0 aromatic carbocycles. The van der Waals surface area contributed by atoms with E-state index in [2.05, 4.69) is 6.92 Å². The van der Waals surface area contributed by atoms with Crippen molar-refractivity contribution in [2.24, 2.45) is 5.92 Å². The van der Waals surface area contributed by atoms with Crippen LogP contribution in [0.1, 0.15) is 84.0 Å². The molecule has 0 heterocycles. The van der Waals surface area contributed by atoms with Crippen molar-refractivity contribution in [3.05, 3.63) is 0 Å². The Labute approximate surface area is 139 Å². The summed E-state index contributed by atoms with van der Waals surface area (Å²) in [6, 6.07) is 0. The summed E-state index contributed by atoms with van der Waals surface area (Å²) >= 11 is 0. The number of rotatable bonds is 12. The lowest BCUT2D eigenvalue weighted by molar-refractivity contribution is -0.189. The molecule has 0 aromatic heterocycles. The highest BCUT2D eigenvalue weighted by atomic mass is 16.5. The minimum atomic E-state index is -1.52. The number of aliphatic carboxylic acids is 2. The fourth-order valence-electron chi connectivity index (χ4n) is 3.45. The molecule has 2 atom stereocenters. The van der Waals surface area contributed by atoms with E-state index in [4.69, 9.17) is 4.74 Å². The molecule has 0 bridgehead atoms. The Kier molecular flexibility index (Phi) is 9.22. The van der Waals surface area contributed by atoms with E-state index in [1.807, 2.05) is 0 Å². The Bertz CT molecular complexity index is 368. The van der Waals surface area contributed by atoms with E-state index < -0.39 is 23.5 Å². The summed E-state index contributed by atoms with van der Waals surface area (Å²) in [5.74, 6) is -3.10. The maximum absolute atomic E-state index is 11.7. The number of carboxylic acid groups (broad SMARTS) is 2. The number of ether oxygens (including phenoxy) is 1. The molecule has 1 aliphatic rings. The van der Waals surface area contributed by atoms with Gasteiger partial charge in [0.2, 0.25) is 0 Å². The quantitative estimate of drug-likeness (QED) is 0.523. The van der Waals surface area contributed by atoms with Crippen molar-refractivity contribution in [3.63, 3.8) is 0 Å². The van der Waals surface area contributed by atoms with Crippen molar-refractivity contribution in [1.82, 2.24) is 0 Å². The molecule has 0 saturated heterocycles. The Morgan fingerprint density at radius 3 is 2.17 bits per heavy atom. The number of carbonyl (C=O) groups is 2. The SMILES string of the molecule is CCCCCCCCCCOC1(C(=O)O)CCCCC1C(=O)O. The zero-order valence-electron chi connectivity index (χ0n) is 14.4. The predicted octanol–water partition coefficient (Wildman–Crippen LogP) is 4.24. The first-order valence-corrected chi connectivity index (χ1v) is 9.14. The molecule has 1 aliphatic carbocycles. The Hall–Kier alpha value is -1.10. The molecular formula is C18H32O5. The minimum absolute atomic E-state index is 0.302. The third kappa shape index (κ3) is 6.13. The summed E-state index contributed by atoms with van der Waals surface area (Å²) in [6.07, 6.45) is 11.4. The van der Waals surface area contributed by atoms with Crippen LogP contribution in [0.4, 0.5) is 0 Å². The van der Waals surface area contributed by atoms with E-state index in [0.29, 0.717) is 25.9 Å². The average Bonchev–Trinajstić information content (AvgIpc) is 2.53. The highest BCUT2D eigenvalue weighted by molar-refractivity contribution is 5.86. The van der Waals surface area contributed by atoms with Gasteiger partial charge in [-0.3, -0.25) is 4.79 Å². The van der Waals surface area contributed by atoms with Crippen LogP contribution in [-0.2, 0) is 14.3 Å². The molecule has 0 aliphatic heterocycles. The lowest BCUT2D eigenvalue weighted by Crippen LogP contribution is -2.53. The first kappa shape index (κ1) is 19.9. The third-order valence-corrected chi connectivity index (χ3v) is 4.87. The number of unbranched alkanes of at least 4 members (excludes halogenated alkanes) is 7. The van der Waals surface area contributed by atoms with Gasteiger partial charge in [0, 0.05) is 6.61 Å². The van der Waals surface area contributed by atoms with Crippen LogP contribution >= 0.6 is 0 Å². The van der Waals surface area contributed by atoms with Gasteiger partial charge in [-0.15, -0.1) is 0 Å². The molecule has 1 rings (SSSR count). The van der Waals surface area contributed by atoms with Crippen LogP contribution in [0.25, 0.3) is 0 Å². The largest absolute Gasteiger partial charge is 0.481 e. The van der Waals surface area contributed by atoms with Crippen molar-refractivity contribution in [2.75, 3.05) is 6.61 Å². The monoisotopic (exact) mass is 328 g/mol. The molecule has 0 aromatic rings. The minimum Gasteiger partial charge on any atom is -0.481 e. The maximum atomic E-state index is 11.7. The first-order valence-electron chi connectivity index (χ1n) is 9.14. The smallest absolute Gasteiger partial charge is 0.336 e. The van der Waals surface area contributed by atoms with Crippen LogP contribution < -0.4 is 0 Å². The molecule has 0 amide bonds. The second-order valence-electron chi connectivity index (χ2n) is 6.65. The summed E-state index contributed by atoms with van der Waals surface area (Å²) < 4.78 is 5.67. The fourth-order valence-corrected chi connectivity index (χ4v) is 3.45. The van der Waals surface area contributed by atoms with E-state index in [-0.39, 0.29) is 0 Å². The van der Waals surface area contributed by atoms with Crippen molar-refractivity contribution >= 4 is 11.9 Å². The molecule has 2 N–H and O–H groups in total. The van der Waals surface area contributed by atoms with E-state index in [0.717, 1.165) is 25.7 Å². The van der Waals surface area contributed by atoms with Gasteiger partial charge in [-0.25, -0.2) is 4.79 Å². The second kappa shape index (κ2) is 10.6. The number of carboxylic acids is 2.